The van der Waals surface area contributed by atoms with Crippen molar-refractivity contribution in [1.82, 2.24) is 0 Å². The fourth-order valence-corrected chi connectivity index (χ4v) is 4.07. The van der Waals surface area contributed by atoms with Gasteiger partial charge in [-0.25, -0.2) is 0 Å². The molecule has 0 aliphatic carbocycles. The predicted molar refractivity (Wildman–Crippen MR) is 111 cm³/mol. The van der Waals surface area contributed by atoms with Crippen LogP contribution in [0.2, 0.25) is 0 Å². The second-order valence-electron chi connectivity index (χ2n) is 7.21. The van der Waals surface area contributed by atoms with Crippen LogP contribution in [0.15, 0.2) is 29.2 Å². The SMILES string of the molecule is CCCCCCCCCCCCc1cccc(S(=O)(=O)OCCCC)c1.[H-].[Na+]. The maximum Gasteiger partial charge on any atom is 1.00 e. The molecule has 0 atom stereocenters. The molecule has 5 heteroatoms. The first-order valence-electron chi connectivity index (χ1n) is 10.6. The molecule has 0 fully saturated rings. The maximum absolute atomic E-state index is 12.2. The normalized spacial score (nSPS) is 11.3. The van der Waals surface area contributed by atoms with Gasteiger partial charge in [-0.3, -0.25) is 4.18 Å². The van der Waals surface area contributed by atoms with Gasteiger partial charge in [-0.1, -0.05) is 90.2 Å². The van der Waals surface area contributed by atoms with Gasteiger partial charge in [-0.2, -0.15) is 8.42 Å². The molecule has 152 valence electrons. The van der Waals surface area contributed by atoms with Crippen LogP contribution >= 0.6 is 0 Å². The fourth-order valence-electron chi connectivity index (χ4n) is 3.05. The van der Waals surface area contributed by atoms with Gasteiger partial charge in [0, 0.05) is 0 Å². The van der Waals surface area contributed by atoms with E-state index in [1.165, 1.54) is 57.8 Å². The summed E-state index contributed by atoms with van der Waals surface area (Å²) in [5.74, 6) is 0. The van der Waals surface area contributed by atoms with Crippen LogP contribution in [0.1, 0.15) is 97.9 Å². The second-order valence-corrected chi connectivity index (χ2v) is 8.82. The minimum Gasteiger partial charge on any atom is -1.00 e. The monoisotopic (exact) mass is 406 g/mol. The summed E-state index contributed by atoms with van der Waals surface area (Å²) in [6, 6.07) is 7.23. The van der Waals surface area contributed by atoms with Crippen molar-refractivity contribution in [1.29, 1.82) is 0 Å². The standard InChI is InChI=1S/C22H38O3S.Na.H/c1-3-5-7-8-9-10-11-12-13-14-16-21-17-15-18-22(20-21)26(23,24)25-19-6-4-2;;/h15,17-18,20H,3-14,16,19H2,1-2H3;;/q;+1;-1. The Morgan fingerprint density at radius 2 is 1.37 bits per heavy atom. The van der Waals surface area contributed by atoms with Crippen molar-refractivity contribution in [3.8, 4) is 0 Å². The number of aryl methyl sites for hydroxylation is 1. The molecule has 0 N–H and O–H groups in total. The van der Waals surface area contributed by atoms with Crippen molar-refractivity contribution in [3.05, 3.63) is 29.8 Å². The number of hydrogen-bond acceptors (Lipinski definition) is 3. The minimum atomic E-state index is -3.61. The Morgan fingerprint density at radius 1 is 0.815 bits per heavy atom. The molecule has 0 amide bonds. The van der Waals surface area contributed by atoms with Gasteiger partial charge in [-0.05, 0) is 37.0 Å². The van der Waals surface area contributed by atoms with E-state index in [2.05, 4.69) is 6.92 Å². The molecule has 0 heterocycles. The quantitative estimate of drug-likeness (QED) is 0.238. The van der Waals surface area contributed by atoms with Crippen molar-refractivity contribution < 1.29 is 43.6 Å². The van der Waals surface area contributed by atoms with Gasteiger partial charge in [0.15, 0.2) is 0 Å². The Balaban J connectivity index is 0. The minimum absolute atomic E-state index is 0. The summed E-state index contributed by atoms with van der Waals surface area (Å²) in [4.78, 5) is 0.290. The van der Waals surface area contributed by atoms with Gasteiger partial charge in [0.05, 0.1) is 11.5 Å². The average molecular weight is 407 g/mol. The molecule has 0 unspecified atom stereocenters. The van der Waals surface area contributed by atoms with Crippen LogP contribution in [0.4, 0.5) is 0 Å². The average Bonchev–Trinajstić information content (AvgIpc) is 2.64. The Bertz CT molecular complexity index is 579. The molecule has 27 heavy (non-hydrogen) atoms. The van der Waals surface area contributed by atoms with E-state index in [1.807, 2.05) is 19.1 Å². The van der Waals surface area contributed by atoms with Gasteiger partial charge in [0.25, 0.3) is 10.1 Å². The molecule has 0 aliphatic rings. The number of unbranched alkanes of at least 4 members (excludes halogenated alkanes) is 10. The Kier molecular flexibility index (Phi) is 17.1. The van der Waals surface area contributed by atoms with Crippen molar-refractivity contribution in [2.24, 2.45) is 0 Å². The second kappa shape index (κ2) is 17.0. The summed E-state index contributed by atoms with van der Waals surface area (Å²) in [7, 11) is -3.61. The van der Waals surface area contributed by atoms with E-state index in [0.717, 1.165) is 31.2 Å². The van der Waals surface area contributed by atoms with Crippen LogP contribution in [-0.4, -0.2) is 15.0 Å². The largest absolute Gasteiger partial charge is 1.00 e. The van der Waals surface area contributed by atoms with E-state index in [-0.39, 0.29) is 42.5 Å². The smallest absolute Gasteiger partial charge is 1.00 e. The zero-order valence-electron chi connectivity index (χ0n) is 18.8. The third-order valence-corrected chi connectivity index (χ3v) is 6.05. The molecule has 0 saturated carbocycles. The zero-order chi connectivity index (χ0) is 19.1. The first-order valence-corrected chi connectivity index (χ1v) is 12.0. The zero-order valence-corrected chi connectivity index (χ0v) is 20.7. The predicted octanol–water partition coefficient (Wildman–Crippen LogP) is 3.77. The van der Waals surface area contributed by atoms with E-state index in [0.29, 0.717) is 0 Å². The van der Waals surface area contributed by atoms with E-state index < -0.39 is 10.1 Å². The van der Waals surface area contributed by atoms with Gasteiger partial charge in [0.2, 0.25) is 0 Å². The molecule has 0 aliphatic heterocycles. The third-order valence-electron chi connectivity index (χ3n) is 4.74. The van der Waals surface area contributed by atoms with Crippen LogP contribution < -0.4 is 29.6 Å². The summed E-state index contributed by atoms with van der Waals surface area (Å²) >= 11 is 0. The van der Waals surface area contributed by atoms with E-state index in [1.54, 1.807) is 12.1 Å². The molecule has 3 nitrogen and oxygen atoms in total. The molecule has 1 aromatic rings. The van der Waals surface area contributed by atoms with Crippen LogP contribution in [0.25, 0.3) is 0 Å². The van der Waals surface area contributed by atoms with Crippen molar-refractivity contribution in [2.75, 3.05) is 6.61 Å². The number of hydrogen-bond donors (Lipinski definition) is 0. The molecule has 1 rings (SSSR count). The summed E-state index contributed by atoms with van der Waals surface area (Å²) < 4.78 is 29.4. The van der Waals surface area contributed by atoms with Gasteiger partial charge >= 0.3 is 29.6 Å². The van der Waals surface area contributed by atoms with Crippen LogP contribution in [0.5, 0.6) is 0 Å². The van der Waals surface area contributed by atoms with E-state index >= 15 is 0 Å². The number of rotatable bonds is 16. The molecule has 0 radical (unpaired) electrons. The summed E-state index contributed by atoms with van der Waals surface area (Å²) in [6.45, 7) is 4.54. The first kappa shape index (κ1) is 27.1. The third kappa shape index (κ3) is 13.1. The summed E-state index contributed by atoms with van der Waals surface area (Å²) in [5, 5.41) is 0. The van der Waals surface area contributed by atoms with E-state index in [4.69, 9.17) is 4.18 Å². The molecule has 1 aromatic carbocycles. The van der Waals surface area contributed by atoms with Crippen LogP contribution in [0.3, 0.4) is 0 Å². The maximum atomic E-state index is 12.2. The molecule has 0 bridgehead atoms. The summed E-state index contributed by atoms with van der Waals surface area (Å²) in [5.41, 5.74) is 1.09. The molecule has 0 saturated heterocycles. The van der Waals surface area contributed by atoms with Crippen LogP contribution in [0, 0.1) is 0 Å². The Morgan fingerprint density at radius 3 is 1.96 bits per heavy atom. The fraction of sp³-hybridized carbons (Fsp3) is 0.727. The van der Waals surface area contributed by atoms with Crippen molar-refractivity contribution in [3.63, 3.8) is 0 Å². The topological polar surface area (TPSA) is 43.4 Å². The molecule has 0 spiro atoms. The first-order chi connectivity index (χ1) is 12.6. The van der Waals surface area contributed by atoms with E-state index in [9.17, 15) is 8.42 Å². The molecular formula is C22H39NaO3S. The van der Waals surface area contributed by atoms with Gasteiger partial charge in [0.1, 0.15) is 0 Å². The Labute approximate surface area is 191 Å². The number of benzene rings is 1. The molecular weight excluding hydrogens is 367 g/mol. The van der Waals surface area contributed by atoms with Crippen molar-refractivity contribution >= 4 is 10.1 Å². The van der Waals surface area contributed by atoms with Gasteiger partial charge < -0.3 is 1.43 Å². The van der Waals surface area contributed by atoms with Crippen molar-refractivity contribution in [2.45, 2.75) is 102 Å². The Hall–Kier alpha value is 0.130. The van der Waals surface area contributed by atoms with Crippen LogP contribution in [-0.2, 0) is 20.7 Å². The summed E-state index contributed by atoms with van der Waals surface area (Å²) in [6.07, 6.45) is 15.8. The molecule has 0 aromatic heterocycles. The van der Waals surface area contributed by atoms with Gasteiger partial charge in [-0.15, -0.1) is 0 Å².